The molecule has 5 fully saturated rings. The number of hydrogen-bond acceptors (Lipinski definition) is 3. The summed E-state index contributed by atoms with van der Waals surface area (Å²) < 4.78 is 5.90. The molecule has 5 aliphatic carbocycles. The van der Waals surface area contributed by atoms with Gasteiger partial charge in [0.2, 0.25) is 0 Å². The highest BCUT2D eigenvalue weighted by Gasteiger charge is 2.71. The third-order valence-corrected chi connectivity index (χ3v) is 14.0. The van der Waals surface area contributed by atoms with Crippen LogP contribution in [0.15, 0.2) is 12.2 Å². The summed E-state index contributed by atoms with van der Waals surface area (Å²) in [5, 5.41) is 0. The first kappa shape index (κ1) is 26.5. The third-order valence-electron chi connectivity index (χ3n) is 14.0. The molecule has 3 heteroatoms. The van der Waals surface area contributed by atoms with Gasteiger partial charge in [-0.2, -0.15) is 0 Å². The number of fused-ring (bicyclic) bond motifs is 7. The van der Waals surface area contributed by atoms with Crippen molar-refractivity contribution < 1.29 is 14.3 Å². The van der Waals surface area contributed by atoms with E-state index in [-0.39, 0.29) is 39.1 Å². The summed E-state index contributed by atoms with van der Waals surface area (Å²) in [6.45, 7) is 22.7. The van der Waals surface area contributed by atoms with E-state index in [1.807, 2.05) is 6.92 Å². The highest BCUT2D eigenvalue weighted by Crippen LogP contribution is 2.77. The molecule has 0 radical (unpaired) electrons. The van der Waals surface area contributed by atoms with E-state index < -0.39 is 0 Å². The summed E-state index contributed by atoms with van der Waals surface area (Å²) in [4.78, 5) is 25.2. The molecule has 0 unspecified atom stereocenters. The van der Waals surface area contributed by atoms with E-state index in [1.54, 1.807) is 6.92 Å². The van der Waals surface area contributed by atoms with Crippen LogP contribution < -0.4 is 0 Å². The molecule has 0 aromatic carbocycles. The molecule has 0 heterocycles. The quantitative estimate of drug-likeness (QED) is 0.292. The molecular weight excluding hydrogens is 444 g/mol. The molecule has 0 N–H and O–H groups in total. The van der Waals surface area contributed by atoms with Gasteiger partial charge in [0.15, 0.2) is 0 Å². The van der Waals surface area contributed by atoms with Gasteiger partial charge in [0.05, 0.1) is 0 Å². The fourth-order valence-corrected chi connectivity index (χ4v) is 12.1. The summed E-state index contributed by atoms with van der Waals surface area (Å²) in [6.07, 6.45) is 11.7. The van der Waals surface area contributed by atoms with E-state index in [2.05, 4.69) is 48.1 Å². The van der Waals surface area contributed by atoms with Crippen molar-refractivity contribution in [3.63, 3.8) is 0 Å². The second kappa shape index (κ2) is 8.19. The smallest absolute Gasteiger partial charge is 0.302 e. The maximum Gasteiger partial charge on any atom is 0.302 e. The summed E-state index contributed by atoms with van der Waals surface area (Å²) >= 11 is 0. The molecule has 0 saturated heterocycles. The fraction of sp³-hybridized carbons (Fsp3) is 0.879. The second-order valence-corrected chi connectivity index (χ2v) is 15.4. The van der Waals surface area contributed by atoms with Gasteiger partial charge in [0, 0.05) is 17.8 Å². The highest BCUT2D eigenvalue weighted by atomic mass is 16.5. The second-order valence-electron chi connectivity index (χ2n) is 15.4. The Balaban J connectivity index is 1.52. The Morgan fingerprint density at radius 3 is 2.06 bits per heavy atom. The van der Waals surface area contributed by atoms with Crippen LogP contribution in [0.4, 0.5) is 0 Å². The van der Waals surface area contributed by atoms with Crippen LogP contribution in [0.1, 0.15) is 120 Å². The van der Waals surface area contributed by atoms with E-state index in [1.165, 1.54) is 37.7 Å². The third kappa shape index (κ3) is 3.22. The Labute approximate surface area is 220 Å². The van der Waals surface area contributed by atoms with Crippen molar-refractivity contribution in [2.45, 2.75) is 126 Å². The standard InChI is InChI=1S/C33H52O3/c1-20(2)23-12-17-33(21(3)34)19-18-31(8)24(28(23)33)10-11-26-30(7)15-14-27(36-22(4)35)29(5,6)25(30)13-16-32(26,31)9/h23-28H,1,10-19H2,2-9H3/t23-,24+,25-,26+,27-,28+,30-,31+,32+,33+/m0/s1. The van der Waals surface area contributed by atoms with Gasteiger partial charge in [0.25, 0.3) is 0 Å². The van der Waals surface area contributed by atoms with Gasteiger partial charge in [-0.3, -0.25) is 9.59 Å². The van der Waals surface area contributed by atoms with Crippen LogP contribution in [0.3, 0.4) is 0 Å². The molecule has 36 heavy (non-hydrogen) atoms. The van der Waals surface area contributed by atoms with Crippen LogP contribution >= 0.6 is 0 Å². The summed E-state index contributed by atoms with van der Waals surface area (Å²) in [5.41, 5.74) is 2.03. The van der Waals surface area contributed by atoms with E-state index in [4.69, 9.17) is 4.74 Å². The first-order valence-corrected chi connectivity index (χ1v) is 15.0. The van der Waals surface area contributed by atoms with Crippen molar-refractivity contribution in [3.05, 3.63) is 12.2 Å². The van der Waals surface area contributed by atoms with E-state index >= 15 is 0 Å². The van der Waals surface area contributed by atoms with Crippen molar-refractivity contribution in [1.82, 2.24) is 0 Å². The zero-order chi connectivity index (χ0) is 26.5. The molecule has 5 saturated carbocycles. The lowest BCUT2D eigenvalue weighted by atomic mass is 9.32. The number of rotatable bonds is 3. The van der Waals surface area contributed by atoms with Crippen LogP contribution in [0.2, 0.25) is 0 Å². The van der Waals surface area contributed by atoms with Crippen LogP contribution in [0.5, 0.6) is 0 Å². The lowest BCUT2D eigenvalue weighted by molar-refractivity contribution is -0.248. The summed E-state index contributed by atoms with van der Waals surface area (Å²) in [5.74, 6) is 3.19. The van der Waals surface area contributed by atoms with Crippen molar-refractivity contribution >= 4 is 11.8 Å². The molecule has 5 aliphatic rings. The predicted molar refractivity (Wildman–Crippen MR) is 145 cm³/mol. The number of hydrogen-bond donors (Lipinski definition) is 0. The summed E-state index contributed by atoms with van der Waals surface area (Å²) in [7, 11) is 0. The molecule has 0 aliphatic heterocycles. The van der Waals surface area contributed by atoms with Gasteiger partial charge in [-0.15, -0.1) is 0 Å². The number of carbonyl (C=O) groups excluding carboxylic acids is 2. The highest BCUT2D eigenvalue weighted by molar-refractivity contribution is 5.83. The number of ketones is 1. The zero-order valence-electron chi connectivity index (χ0n) is 24.5. The molecular formula is C33H52O3. The van der Waals surface area contributed by atoms with E-state index in [9.17, 15) is 9.59 Å². The maximum atomic E-state index is 13.3. The lowest BCUT2D eigenvalue weighted by Crippen LogP contribution is -2.67. The SMILES string of the molecule is C=C(C)[C@@H]1CC[C@]2(C(C)=O)CC[C@]3(C)[C@H](CC[C@@H]4[C@@]5(C)CC[C@H](OC(C)=O)C(C)(C)[C@@H]5CC[C@]43C)[C@@H]12. The number of Topliss-reactive ketones (excluding diaryl/α,β-unsaturated/α-hetero) is 1. The molecule has 0 bridgehead atoms. The first-order chi connectivity index (χ1) is 16.6. The number of carbonyl (C=O) groups is 2. The predicted octanol–water partition coefficient (Wildman–Crippen LogP) is 8.16. The Bertz CT molecular complexity index is 964. The Kier molecular flexibility index (Phi) is 6.02. The van der Waals surface area contributed by atoms with E-state index in [0.29, 0.717) is 35.4 Å². The average Bonchev–Trinajstić information content (AvgIpc) is 3.17. The first-order valence-electron chi connectivity index (χ1n) is 15.0. The number of allylic oxidation sites excluding steroid dienone is 1. The van der Waals surface area contributed by atoms with Gasteiger partial charge < -0.3 is 4.74 Å². The summed E-state index contributed by atoms with van der Waals surface area (Å²) in [6, 6.07) is 0. The molecule has 202 valence electrons. The monoisotopic (exact) mass is 496 g/mol. The van der Waals surface area contributed by atoms with Crippen LogP contribution in [-0.2, 0) is 14.3 Å². The fourth-order valence-electron chi connectivity index (χ4n) is 12.1. The van der Waals surface area contributed by atoms with Crippen LogP contribution in [-0.4, -0.2) is 17.9 Å². The number of esters is 1. The van der Waals surface area contributed by atoms with E-state index in [0.717, 1.165) is 32.1 Å². The van der Waals surface area contributed by atoms with Crippen molar-refractivity contribution in [2.75, 3.05) is 0 Å². The van der Waals surface area contributed by atoms with Gasteiger partial charge in [-0.25, -0.2) is 0 Å². The lowest BCUT2D eigenvalue weighted by Gasteiger charge is -2.73. The topological polar surface area (TPSA) is 43.4 Å². The Morgan fingerprint density at radius 2 is 1.44 bits per heavy atom. The molecule has 10 atom stereocenters. The minimum atomic E-state index is -0.134. The normalized spacial score (nSPS) is 51.2. The van der Waals surface area contributed by atoms with Crippen LogP contribution in [0, 0.1) is 56.7 Å². The van der Waals surface area contributed by atoms with Gasteiger partial charge >= 0.3 is 5.97 Å². The van der Waals surface area contributed by atoms with Crippen LogP contribution in [0.25, 0.3) is 0 Å². The van der Waals surface area contributed by atoms with Gasteiger partial charge in [0.1, 0.15) is 11.9 Å². The zero-order valence-corrected chi connectivity index (χ0v) is 24.5. The molecule has 5 rings (SSSR count). The molecule has 0 amide bonds. The van der Waals surface area contributed by atoms with Crippen molar-refractivity contribution in [2.24, 2.45) is 56.7 Å². The van der Waals surface area contributed by atoms with Gasteiger partial charge in [-0.05, 0) is 124 Å². The largest absolute Gasteiger partial charge is 0.462 e. The molecule has 3 nitrogen and oxygen atoms in total. The average molecular weight is 497 g/mol. The number of ether oxygens (including phenoxy) is 1. The molecule has 0 aromatic heterocycles. The minimum absolute atomic E-state index is 0.00457. The maximum absolute atomic E-state index is 13.3. The van der Waals surface area contributed by atoms with Gasteiger partial charge in [-0.1, -0.05) is 46.8 Å². The molecule has 0 spiro atoms. The van der Waals surface area contributed by atoms with Crippen molar-refractivity contribution in [3.8, 4) is 0 Å². The molecule has 0 aromatic rings. The van der Waals surface area contributed by atoms with Crippen molar-refractivity contribution in [1.29, 1.82) is 0 Å². The Hall–Kier alpha value is -1.12. The Morgan fingerprint density at radius 1 is 0.750 bits per heavy atom. The minimum Gasteiger partial charge on any atom is -0.462 e.